The minimum atomic E-state index is -0.391. The molecule has 2 aromatic carbocycles. The topological polar surface area (TPSA) is 44.1 Å². The molecule has 0 N–H and O–H groups in total. The molecule has 0 unspecified atom stereocenters. The van der Waals surface area contributed by atoms with Crippen molar-refractivity contribution in [2.45, 2.75) is 30.8 Å². The molecular weight excluding hydrogens is 339 g/mol. The highest BCUT2D eigenvalue weighted by atomic mass is 32.2. The number of ether oxygens (including phenoxy) is 1. The van der Waals surface area contributed by atoms with Crippen molar-refractivity contribution >= 4 is 22.7 Å². The van der Waals surface area contributed by atoms with E-state index < -0.39 is 5.82 Å². The van der Waals surface area contributed by atoms with E-state index in [-0.39, 0.29) is 11.3 Å². The fraction of sp³-hybridized carbons (Fsp3) is 0.263. The second-order valence-corrected chi connectivity index (χ2v) is 6.57. The van der Waals surface area contributed by atoms with Crippen LogP contribution in [0, 0.1) is 5.82 Å². The highest BCUT2D eigenvalue weighted by Crippen LogP contribution is 2.25. The first-order valence-corrected chi connectivity index (χ1v) is 9.07. The predicted octanol–water partition coefficient (Wildman–Crippen LogP) is 4.25. The van der Waals surface area contributed by atoms with Crippen LogP contribution in [0.2, 0.25) is 0 Å². The Morgan fingerprint density at radius 1 is 1.24 bits per heavy atom. The zero-order valence-electron chi connectivity index (χ0n) is 14.2. The Morgan fingerprint density at radius 3 is 2.76 bits per heavy atom. The molecule has 1 heterocycles. The summed E-state index contributed by atoms with van der Waals surface area (Å²) in [6.07, 6.45) is 0.838. The molecule has 0 spiro atoms. The van der Waals surface area contributed by atoms with Gasteiger partial charge < -0.3 is 4.74 Å². The van der Waals surface area contributed by atoms with Crippen molar-refractivity contribution in [1.82, 2.24) is 9.55 Å². The van der Waals surface area contributed by atoms with Crippen LogP contribution < -0.4 is 10.3 Å². The van der Waals surface area contributed by atoms with Crippen LogP contribution in [0.4, 0.5) is 4.39 Å². The molecular formula is C19H19FN2O2S. The summed E-state index contributed by atoms with van der Waals surface area (Å²) in [4.78, 5) is 17.4. The summed E-state index contributed by atoms with van der Waals surface area (Å²) < 4.78 is 20.5. The second kappa shape index (κ2) is 7.70. The Bertz CT molecular complexity index is 956. The lowest BCUT2D eigenvalue weighted by atomic mass is 10.2. The summed E-state index contributed by atoms with van der Waals surface area (Å²) >= 11 is 1.44. The van der Waals surface area contributed by atoms with Gasteiger partial charge in [0.05, 0.1) is 18.0 Å². The van der Waals surface area contributed by atoms with Gasteiger partial charge in [0.15, 0.2) is 16.7 Å². The SMILES string of the molecule is CCCn1c(SCc2ccc(OC)c(F)c2)nc2ccccc2c1=O. The number of nitrogens with zero attached hydrogens (tertiary/aromatic N) is 2. The number of rotatable bonds is 6. The third-order valence-corrected chi connectivity index (χ3v) is 4.91. The van der Waals surface area contributed by atoms with Crippen LogP contribution >= 0.6 is 11.8 Å². The molecule has 0 atom stereocenters. The van der Waals surface area contributed by atoms with Crippen LogP contribution in [-0.4, -0.2) is 16.7 Å². The van der Waals surface area contributed by atoms with Crippen LogP contribution in [0.5, 0.6) is 5.75 Å². The van der Waals surface area contributed by atoms with Crippen molar-refractivity contribution in [1.29, 1.82) is 0 Å². The van der Waals surface area contributed by atoms with Crippen molar-refractivity contribution in [3.8, 4) is 5.75 Å². The summed E-state index contributed by atoms with van der Waals surface area (Å²) in [6.45, 7) is 2.63. The predicted molar refractivity (Wildman–Crippen MR) is 98.8 cm³/mol. The molecule has 0 aliphatic heterocycles. The van der Waals surface area contributed by atoms with Gasteiger partial charge in [-0.05, 0) is 36.2 Å². The zero-order valence-corrected chi connectivity index (χ0v) is 15.0. The maximum atomic E-state index is 13.8. The molecule has 0 aliphatic rings. The van der Waals surface area contributed by atoms with Gasteiger partial charge in [-0.3, -0.25) is 9.36 Å². The maximum absolute atomic E-state index is 13.8. The highest BCUT2D eigenvalue weighted by Gasteiger charge is 2.12. The lowest BCUT2D eigenvalue weighted by molar-refractivity contribution is 0.386. The summed E-state index contributed by atoms with van der Waals surface area (Å²) in [5.74, 6) is 0.355. The Hall–Kier alpha value is -2.34. The Labute approximate surface area is 149 Å². The van der Waals surface area contributed by atoms with Crippen LogP contribution in [0.3, 0.4) is 0 Å². The van der Waals surface area contributed by atoms with Gasteiger partial charge in [-0.2, -0.15) is 0 Å². The first-order chi connectivity index (χ1) is 12.1. The van der Waals surface area contributed by atoms with E-state index in [1.807, 2.05) is 31.2 Å². The van der Waals surface area contributed by atoms with Crippen LogP contribution in [0.1, 0.15) is 18.9 Å². The fourth-order valence-corrected chi connectivity index (χ4v) is 3.59. The van der Waals surface area contributed by atoms with Gasteiger partial charge in [0.2, 0.25) is 0 Å². The number of hydrogen-bond donors (Lipinski definition) is 0. The molecule has 0 bridgehead atoms. The molecule has 0 saturated heterocycles. The van der Waals surface area contributed by atoms with E-state index in [0.29, 0.717) is 28.4 Å². The average Bonchev–Trinajstić information content (AvgIpc) is 2.63. The van der Waals surface area contributed by atoms with Gasteiger partial charge in [-0.1, -0.05) is 36.9 Å². The van der Waals surface area contributed by atoms with Crippen LogP contribution in [-0.2, 0) is 12.3 Å². The summed E-state index contributed by atoms with van der Waals surface area (Å²) in [6, 6.07) is 12.2. The minimum absolute atomic E-state index is 0.0316. The number of hydrogen-bond acceptors (Lipinski definition) is 4. The highest BCUT2D eigenvalue weighted by molar-refractivity contribution is 7.98. The molecule has 0 fully saturated rings. The third-order valence-electron chi connectivity index (χ3n) is 3.86. The molecule has 130 valence electrons. The number of aromatic nitrogens is 2. The number of fused-ring (bicyclic) bond motifs is 1. The van der Waals surface area contributed by atoms with E-state index in [0.717, 1.165) is 12.0 Å². The monoisotopic (exact) mass is 358 g/mol. The smallest absolute Gasteiger partial charge is 0.262 e. The minimum Gasteiger partial charge on any atom is -0.494 e. The lowest BCUT2D eigenvalue weighted by Gasteiger charge is -2.12. The van der Waals surface area contributed by atoms with Crippen molar-refractivity contribution in [2.24, 2.45) is 0 Å². The first-order valence-electron chi connectivity index (χ1n) is 8.08. The molecule has 6 heteroatoms. The van der Waals surface area contributed by atoms with E-state index in [1.54, 1.807) is 16.7 Å². The van der Waals surface area contributed by atoms with Crippen LogP contribution in [0.25, 0.3) is 10.9 Å². The quantitative estimate of drug-likeness (QED) is 0.488. The molecule has 3 aromatic rings. The second-order valence-electron chi connectivity index (χ2n) is 5.63. The van der Waals surface area contributed by atoms with Crippen LogP contribution in [0.15, 0.2) is 52.4 Å². The van der Waals surface area contributed by atoms with E-state index in [9.17, 15) is 9.18 Å². The van der Waals surface area contributed by atoms with Gasteiger partial charge in [0, 0.05) is 12.3 Å². The third kappa shape index (κ3) is 3.69. The summed E-state index contributed by atoms with van der Waals surface area (Å²) in [7, 11) is 1.44. The number of halogens is 1. The molecule has 0 aliphatic carbocycles. The van der Waals surface area contributed by atoms with Gasteiger partial charge in [-0.15, -0.1) is 0 Å². The fourth-order valence-electron chi connectivity index (χ4n) is 2.63. The summed E-state index contributed by atoms with van der Waals surface area (Å²) in [5.41, 5.74) is 1.47. The molecule has 0 radical (unpaired) electrons. The summed E-state index contributed by atoms with van der Waals surface area (Å²) in [5, 5.41) is 1.28. The maximum Gasteiger partial charge on any atom is 0.262 e. The van der Waals surface area contributed by atoms with Crippen molar-refractivity contribution in [3.63, 3.8) is 0 Å². The van der Waals surface area contributed by atoms with Crippen molar-refractivity contribution < 1.29 is 9.13 Å². The van der Waals surface area contributed by atoms with Crippen molar-refractivity contribution in [3.05, 3.63) is 64.2 Å². The molecule has 0 saturated carbocycles. The van der Waals surface area contributed by atoms with Gasteiger partial charge in [0.1, 0.15) is 0 Å². The molecule has 4 nitrogen and oxygen atoms in total. The standard InChI is InChI=1S/C19H19FN2O2S/c1-3-10-22-18(23)14-6-4-5-7-16(14)21-19(22)25-12-13-8-9-17(24-2)15(20)11-13/h4-9,11H,3,10,12H2,1-2H3. The normalized spacial score (nSPS) is 11.0. The van der Waals surface area contributed by atoms with E-state index in [1.165, 1.54) is 24.9 Å². The molecule has 3 rings (SSSR count). The molecule has 0 amide bonds. The van der Waals surface area contributed by atoms with Gasteiger partial charge in [0.25, 0.3) is 5.56 Å². The van der Waals surface area contributed by atoms with E-state index in [2.05, 4.69) is 4.98 Å². The number of methoxy groups -OCH3 is 1. The Balaban J connectivity index is 1.93. The first kappa shape index (κ1) is 17.5. The average molecular weight is 358 g/mol. The molecule has 1 aromatic heterocycles. The lowest BCUT2D eigenvalue weighted by Crippen LogP contribution is -2.23. The largest absolute Gasteiger partial charge is 0.494 e. The Morgan fingerprint density at radius 2 is 2.04 bits per heavy atom. The van der Waals surface area contributed by atoms with E-state index in [4.69, 9.17) is 4.74 Å². The number of para-hydroxylation sites is 1. The van der Waals surface area contributed by atoms with Gasteiger partial charge >= 0.3 is 0 Å². The molecule has 25 heavy (non-hydrogen) atoms. The Kier molecular flexibility index (Phi) is 5.38. The number of thioether (sulfide) groups is 1. The van der Waals surface area contributed by atoms with E-state index >= 15 is 0 Å². The van der Waals surface area contributed by atoms with Crippen molar-refractivity contribution in [2.75, 3.05) is 7.11 Å². The van der Waals surface area contributed by atoms with Gasteiger partial charge in [-0.25, -0.2) is 9.37 Å². The number of benzene rings is 2. The zero-order chi connectivity index (χ0) is 17.8.